The van der Waals surface area contributed by atoms with E-state index < -0.39 is 0 Å². The average Bonchev–Trinajstić information content (AvgIpc) is 0. The first-order valence-electron chi connectivity index (χ1n) is 0. The Kier molecular flexibility index (Phi) is 228. The maximum Gasteiger partial charge on any atom is 0 e. The van der Waals surface area contributed by atoms with Crippen molar-refractivity contribution in [2.75, 3.05) is 0 Å². The minimum atomic E-state index is 0. The van der Waals surface area contributed by atoms with E-state index >= 15 is 0 Å². The molecular weight excluding hydrogens is 194 g/mol. The molecule has 0 saturated carbocycles. The molecule has 0 fully saturated rings. The standard InChI is InChI=1S/Cr.Mn.Ni.H4Si/h;;;1H4. The molecule has 0 spiro atoms. The fraction of sp³-hybridized carbons (Fsp3) is 0. The van der Waals surface area contributed by atoms with Crippen molar-refractivity contribution in [3.8, 4) is 0 Å². The summed E-state index contributed by atoms with van der Waals surface area (Å²) in [4.78, 5) is 0. The molecule has 0 heterocycles. The molecule has 0 aromatic carbocycles. The van der Waals surface area contributed by atoms with Gasteiger partial charge >= 0.3 is 0 Å². The molecule has 0 aromatic rings. The third-order valence-electron chi connectivity index (χ3n) is 0. The van der Waals surface area contributed by atoms with E-state index in [4.69, 9.17) is 0 Å². The van der Waals surface area contributed by atoms with Gasteiger partial charge in [-0.15, -0.1) is 0 Å². The molecule has 4 heteroatoms. The van der Waals surface area contributed by atoms with Crippen molar-refractivity contribution in [2.24, 2.45) is 0 Å². The van der Waals surface area contributed by atoms with Crippen molar-refractivity contribution in [3.63, 3.8) is 0 Å². The molecule has 0 aliphatic rings. The van der Waals surface area contributed by atoms with Crippen LogP contribution in [0.1, 0.15) is 0 Å². The van der Waals surface area contributed by atoms with Crippen LogP contribution in [0.2, 0.25) is 0 Å². The fourth-order valence-electron chi connectivity index (χ4n) is 0. The van der Waals surface area contributed by atoms with Crippen LogP contribution >= 0.6 is 0 Å². The molecule has 0 amide bonds. The summed E-state index contributed by atoms with van der Waals surface area (Å²) < 4.78 is 0. The SMILES string of the molecule is [Cr].[Mn].[Ni].[SiH4]. The summed E-state index contributed by atoms with van der Waals surface area (Å²) in [5.41, 5.74) is 0. The van der Waals surface area contributed by atoms with Crippen LogP contribution in [0.15, 0.2) is 0 Å². The maximum absolute atomic E-state index is 0. The van der Waals surface area contributed by atoms with Gasteiger partial charge in [-0.3, -0.25) is 0 Å². The molecular formula is H4CrMnNiSi. The van der Waals surface area contributed by atoms with Crippen LogP contribution in [-0.4, -0.2) is 11.0 Å². The molecule has 0 N–H and O–H groups in total. The Morgan fingerprint density at radius 3 is 1.00 bits per heavy atom. The number of hydrogen-bond donors (Lipinski definition) is 0. The molecule has 0 bridgehead atoms. The second-order valence-corrected chi connectivity index (χ2v) is 0. The van der Waals surface area contributed by atoms with Crippen LogP contribution in [0.25, 0.3) is 0 Å². The van der Waals surface area contributed by atoms with Crippen molar-refractivity contribution in [3.05, 3.63) is 0 Å². The Balaban J connectivity index is 0. The first-order valence-corrected chi connectivity index (χ1v) is 0. The van der Waals surface area contributed by atoms with Gasteiger partial charge in [0, 0.05) is 50.9 Å². The Morgan fingerprint density at radius 1 is 1.00 bits per heavy atom. The minimum absolute atomic E-state index is 0. The fourth-order valence-corrected chi connectivity index (χ4v) is 0. The first-order chi connectivity index (χ1) is 0. The zero-order valence-corrected chi connectivity index (χ0v) is 4.55. The number of hydrogen-bond acceptors (Lipinski definition) is 0. The quantitative estimate of drug-likeness (QED) is 0.417. The Labute approximate surface area is 61.7 Å². The zero-order chi connectivity index (χ0) is 0. The van der Waals surface area contributed by atoms with Gasteiger partial charge in [-0.1, -0.05) is 0 Å². The van der Waals surface area contributed by atoms with E-state index in [1.807, 2.05) is 0 Å². The van der Waals surface area contributed by atoms with Gasteiger partial charge < -0.3 is 0 Å². The molecule has 0 atom stereocenters. The van der Waals surface area contributed by atoms with Crippen molar-refractivity contribution in [1.29, 1.82) is 0 Å². The van der Waals surface area contributed by atoms with Crippen LogP contribution in [0.5, 0.6) is 0 Å². The monoisotopic (exact) mass is 197 g/mol. The van der Waals surface area contributed by atoms with Gasteiger partial charge in [-0.05, 0) is 11.0 Å². The van der Waals surface area contributed by atoms with E-state index in [1.165, 1.54) is 0 Å². The summed E-state index contributed by atoms with van der Waals surface area (Å²) in [5, 5.41) is 0. The van der Waals surface area contributed by atoms with Gasteiger partial charge in [0.25, 0.3) is 0 Å². The Hall–Kier alpha value is 1.76. The predicted octanol–water partition coefficient (Wildman–Crippen LogP) is -1.46. The second kappa shape index (κ2) is 21.7. The number of rotatable bonds is 0. The van der Waals surface area contributed by atoms with E-state index in [2.05, 4.69) is 0 Å². The Bertz CT molecular complexity index is 8.00. The van der Waals surface area contributed by atoms with Crippen LogP contribution < -0.4 is 0 Å². The van der Waals surface area contributed by atoms with Gasteiger partial charge in [-0.2, -0.15) is 0 Å². The van der Waals surface area contributed by atoms with E-state index in [0.717, 1.165) is 0 Å². The van der Waals surface area contributed by atoms with Crippen LogP contribution in [0.4, 0.5) is 0 Å². The third-order valence-corrected chi connectivity index (χ3v) is 0. The van der Waals surface area contributed by atoms with E-state index in [-0.39, 0.29) is 61.9 Å². The van der Waals surface area contributed by atoms with Crippen LogP contribution in [0.3, 0.4) is 0 Å². The van der Waals surface area contributed by atoms with Gasteiger partial charge in [0.15, 0.2) is 0 Å². The summed E-state index contributed by atoms with van der Waals surface area (Å²) >= 11 is 0. The van der Waals surface area contributed by atoms with Crippen molar-refractivity contribution in [2.45, 2.75) is 0 Å². The molecule has 0 unspecified atom stereocenters. The largest absolute Gasteiger partial charge is 0.0149 e. The molecule has 0 saturated heterocycles. The average molecular weight is 198 g/mol. The van der Waals surface area contributed by atoms with Gasteiger partial charge in [0.2, 0.25) is 0 Å². The zero-order valence-electron chi connectivity index (χ0n) is 1.10. The molecule has 0 aromatic heterocycles. The minimum Gasteiger partial charge on any atom is -0.0149 e. The van der Waals surface area contributed by atoms with Gasteiger partial charge in [0.05, 0.1) is 0 Å². The summed E-state index contributed by atoms with van der Waals surface area (Å²) in [5.74, 6) is 0. The molecule has 4 heavy (non-hydrogen) atoms. The van der Waals surface area contributed by atoms with Crippen LogP contribution in [-0.2, 0) is 50.9 Å². The van der Waals surface area contributed by atoms with Crippen molar-refractivity contribution >= 4 is 11.0 Å². The topological polar surface area (TPSA) is 0 Å². The summed E-state index contributed by atoms with van der Waals surface area (Å²) in [6, 6.07) is 0. The first kappa shape index (κ1) is 42.1. The molecule has 0 nitrogen and oxygen atoms in total. The Morgan fingerprint density at radius 2 is 1.00 bits per heavy atom. The van der Waals surface area contributed by atoms with E-state index in [9.17, 15) is 0 Å². The smallest absolute Gasteiger partial charge is 0 e. The molecule has 31 valence electrons. The molecule has 0 aliphatic carbocycles. The molecule has 0 aliphatic heterocycles. The van der Waals surface area contributed by atoms with E-state index in [1.54, 1.807) is 0 Å². The predicted molar refractivity (Wildman–Crippen MR) is 11.3 cm³/mol. The van der Waals surface area contributed by atoms with Crippen molar-refractivity contribution < 1.29 is 50.9 Å². The van der Waals surface area contributed by atoms with E-state index in [0.29, 0.717) is 0 Å². The second-order valence-electron chi connectivity index (χ2n) is 0. The maximum atomic E-state index is 0. The third kappa shape index (κ3) is 9.24. The summed E-state index contributed by atoms with van der Waals surface area (Å²) in [6.07, 6.45) is 0. The summed E-state index contributed by atoms with van der Waals surface area (Å²) in [6.45, 7) is 0. The van der Waals surface area contributed by atoms with Crippen LogP contribution in [0, 0.1) is 0 Å². The van der Waals surface area contributed by atoms with Crippen molar-refractivity contribution in [1.82, 2.24) is 0 Å². The normalized spacial score (nSPS) is 0. The summed E-state index contributed by atoms with van der Waals surface area (Å²) in [7, 11) is 0. The molecule has 1 radical (unpaired) electrons. The van der Waals surface area contributed by atoms with Gasteiger partial charge in [0.1, 0.15) is 0 Å². The van der Waals surface area contributed by atoms with Gasteiger partial charge in [-0.25, -0.2) is 0 Å². The molecule has 0 rings (SSSR count).